The fourth-order valence-corrected chi connectivity index (χ4v) is 1.60. The second-order valence-electron chi connectivity index (χ2n) is 4.17. The van der Waals surface area contributed by atoms with Crippen molar-refractivity contribution in [3.63, 3.8) is 0 Å². The lowest BCUT2D eigenvalue weighted by molar-refractivity contribution is -0.137. The van der Waals surface area contributed by atoms with E-state index in [-0.39, 0.29) is 6.42 Å². The molecule has 19 heavy (non-hydrogen) atoms. The van der Waals surface area contributed by atoms with Gasteiger partial charge in [0.05, 0.1) is 5.69 Å². The number of benzene rings is 1. The fourth-order valence-electron chi connectivity index (χ4n) is 1.60. The topological polar surface area (TPSA) is 92.9 Å². The van der Waals surface area contributed by atoms with Gasteiger partial charge in [0.25, 0.3) is 0 Å². The molecule has 2 aromatic rings. The fraction of sp³-hybridized carbons (Fsp3) is 0.333. The van der Waals surface area contributed by atoms with Gasteiger partial charge in [0, 0.05) is 13.0 Å². The van der Waals surface area contributed by atoms with Crippen molar-refractivity contribution in [1.29, 1.82) is 0 Å². The number of aliphatic carboxylic acids is 1. The van der Waals surface area contributed by atoms with Crippen molar-refractivity contribution < 1.29 is 9.90 Å². The minimum absolute atomic E-state index is 0.124. The quantitative estimate of drug-likeness (QED) is 0.760. The number of tetrazole rings is 1. The SMILES string of the molecule is Cc1ccc(-n2nnnc2NCCCC(=O)O)cc1. The summed E-state index contributed by atoms with van der Waals surface area (Å²) in [5.41, 5.74) is 2.02. The van der Waals surface area contributed by atoms with Gasteiger partial charge in [-0.15, -0.1) is 0 Å². The van der Waals surface area contributed by atoms with Gasteiger partial charge < -0.3 is 10.4 Å². The zero-order valence-electron chi connectivity index (χ0n) is 10.6. The molecule has 0 fully saturated rings. The number of nitrogens with one attached hydrogen (secondary N) is 1. The summed E-state index contributed by atoms with van der Waals surface area (Å²) in [6.07, 6.45) is 0.648. The van der Waals surface area contributed by atoms with Crippen LogP contribution in [0.3, 0.4) is 0 Å². The molecule has 0 amide bonds. The number of hydrogen-bond acceptors (Lipinski definition) is 5. The molecule has 7 nitrogen and oxygen atoms in total. The van der Waals surface area contributed by atoms with Crippen LogP contribution in [0.25, 0.3) is 5.69 Å². The molecular weight excluding hydrogens is 246 g/mol. The molecule has 0 aliphatic rings. The molecule has 1 aromatic heterocycles. The molecule has 0 saturated heterocycles. The van der Waals surface area contributed by atoms with Crippen LogP contribution in [0, 0.1) is 6.92 Å². The Labute approximate surface area is 110 Å². The highest BCUT2D eigenvalue weighted by atomic mass is 16.4. The zero-order valence-corrected chi connectivity index (χ0v) is 10.6. The molecule has 2 rings (SSSR count). The minimum Gasteiger partial charge on any atom is -0.481 e. The molecule has 0 aliphatic heterocycles. The van der Waals surface area contributed by atoms with Crippen LogP contribution in [0.4, 0.5) is 5.95 Å². The summed E-state index contributed by atoms with van der Waals surface area (Å²) < 4.78 is 1.58. The highest BCUT2D eigenvalue weighted by molar-refractivity contribution is 5.66. The summed E-state index contributed by atoms with van der Waals surface area (Å²) >= 11 is 0. The number of hydrogen-bond donors (Lipinski definition) is 2. The number of carboxylic acids is 1. The first-order valence-electron chi connectivity index (χ1n) is 5.98. The number of aromatic nitrogens is 4. The number of aryl methyl sites for hydroxylation is 1. The van der Waals surface area contributed by atoms with Gasteiger partial charge in [-0.2, -0.15) is 4.68 Å². The summed E-state index contributed by atoms with van der Waals surface area (Å²) in [5.74, 6) is -0.297. The molecule has 1 heterocycles. The van der Waals surface area contributed by atoms with Gasteiger partial charge in [0.15, 0.2) is 0 Å². The van der Waals surface area contributed by atoms with Crippen molar-refractivity contribution in [2.45, 2.75) is 19.8 Å². The second kappa shape index (κ2) is 5.94. The lowest BCUT2D eigenvalue weighted by atomic mass is 10.2. The first-order chi connectivity index (χ1) is 9.16. The van der Waals surface area contributed by atoms with Crippen molar-refractivity contribution in [3.05, 3.63) is 29.8 Å². The molecule has 0 radical (unpaired) electrons. The van der Waals surface area contributed by atoms with Crippen LogP contribution < -0.4 is 5.32 Å². The molecule has 0 saturated carbocycles. The van der Waals surface area contributed by atoms with E-state index in [0.717, 1.165) is 11.3 Å². The summed E-state index contributed by atoms with van der Waals surface area (Å²) in [6.45, 7) is 2.52. The molecule has 7 heteroatoms. The molecule has 0 bridgehead atoms. The van der Waals surface area contributed by atoms with Gasteiger partial charge in [-0.3, -0.25) is 4.79 Å². The average molecular weight is 261 g/mol. The third kappa shape index (κ3) is 3.51. The lowest BCUT2D eigenvalue weighted by Gasteiger charge is -2.06. The Hall–Kier alpha value is -2.44. The normalized spacial score (nSPS) is 10.4. The Balaban J connectivity index is 2.01. The van der Waals surface area contributed by atoms with Gasteiger partial charge >= 0.3 is 5.97 Å². The average Bonchev–Trinajstić information content (AvgIpc) is 2.84. The van der Waals surface area contributed by atoms with E-state index in [0.29, 0.717) is 18.9 Å². The van der Waals surface area contributed by atoms with E-state index in [1.54, 1.807) is 4.68 Å². The first-order valence-corrected chi connectivity index (χ1v) is 5.98. The van der Waals surface area contributed by atoms with E-state index in [4.69, 9.17) is 5.11 Å². The summed E-state index contributed by atoms with van der Waals surface area (Å²) in [6, 6.07) is 7.80. The molecule has 0 unspecified atom stereocenters. The van der Waals surface area contributed by atoms with Crippen LogP contribution in [0.2, 0.25) is 0 Å². The summed E-state index contributed by atoms with van der Waals surface area (Å²) in [5, 5.41) is 23.0. The zero-order chi connectivity index (χ0) is 13.7. The van der Waals surface area contributed by atoms with E-state index in [1.807, 2.05) is 31.2 Å². The molecular formula is C12H15N5O2. The maximum atomic E-state index is 10.4. The molecule has 1 aromatic carbocycles. The Kier molecular flexibility index (Phi) is 4.07. The Morgan fingerprint density at radius 1 is 1.37 bits per heavy atom. The number of rotatable bonds is 6. The Morgan fingerprint density at radius 3 is 2.79 bits per heavy atom. The molecule has 0 spiro atoms. The predicted octanol–water partition coefficient (Wildman–Crippen LogP) is 1.25. The minimum atomic E-state index is -0.806. The lowest BCUT2D eigenvalue weighted by Crippen LogP contribution is -2.10. The monoisotopic (exact) mass is 261 g/mol. The predicted molar refractivity (Wildman–Crippen MR) is 69.3 cm³/mol. The number of carbonyl (C=O) groups is 1. The highest BCUT2D eigenvalue weighted by Crippen LogP contribution is 2.12. The van der Waals surface area contributed by atoms with Gasteiger partial charge in [-0.1, -0.05) is 22.8 Å². The largest absolute Gasteiger partial charge is 0.481 e. The molecule has 0 aliphatic carbocycles. The van der Waals surface area contributed by atoms with Crippen molar-refractivity contribution >= 4 is 11.9 Å². The van der Waals surface area contributed by atoms with E-state index in [2.05, 4.69) is 20.8 Å². The van der Waals surface area contributed by atoms with E-state index >= 15 is 0 Å². The van der Waals surface area contributed by atoms with Crippen molar-refractivity contribution in [1.82, 2.24) is 20.2 Å². The van der Waals surface area contributed by atoms with E-state index in [9.17, 15) is 4.79 Å². The van der Waals surface area contributed by atoms with Crippen LogP contribution in [0.5, 0.6) is 0 Å². The van der Waals surface area contributed by atoms with Crippen molar-refractivity contribution in [3.8, 4) is 5.69 Å². The van der Waals surface area contributed by atoms with Gasteiger partial charge in [0.2, 0.25) is 5.95 Å². The third-order valence-electron chi connectivity index (χ3n) is 2.60. The standard InChI is InChI=1S/C12H15N5O2/c1-9-4-6-10(7-5-9)17-12(14-15-16-17)13-8-2-3-11(18)19/h4-7H,2-3,8H2,1H3,(H,18,19)(H,13,14,16). The molecule has 100 valence electrons. The highest BCUT2D eigenvalue weighted by Gasteiger charge is 2.07. The van der Waals surface area contributed by atoms with Crippen LogP contribution in [0.15, 0.2) is 24.3 Å². The van der Waals surface area contributed by atoms with Gasteiger partial charge in [-0.25, -0.2) is 0 Å². The van der Waals surface area contributed by atoms with Crippen LogP contribution in [-0.4, -0.2) is 37.8 Å². The van der Waals surface area contributed by atoms with Gasteiger partial charge in [-0.05, 0) is 35.9 Å². The summed E-state index contributed by atoms with van der Waals surface area (Å²) in [7, 11) is 0. The Morgan fingerprint density at radius 2 is 2.11 bits per heavy atom. The van der Waals surface area contributed by atoms with Crippen molar-refractivity contribution in [2.24, 2.45) is 0 Å². The third-order valence-corrected chi connectivity index (χ3v) is 2.60. The van der Waals surface area contributed by atoms with Crippen LogP contribution in [-0.2, 0) is 4.79 Å². The number of carboxylic acid groups (broad SMARTS) is 1. The van der Waals surface area contributed by atoms with Crippen molar-refractivity contribution in [2.75, 3.05) is 11.9 Å². The second-order valence-corrected chi connectivity index (χ2v) is 4.17. The number of anilines is 1. The van der Waals surface area contributed by atoms with E-state index < -0.39 is 5.97 Å². The maximum absolute atomic E-state index is 10.4. The number of nitrogens with zero attached hydrogens (tertiary/aromatic N) is 4. The maximum Gasteiger partial charge on any atom is 0.303 e. The van der Waals surface area contributed by atoms with Crippen LogP contribution >= 0.6 is 0 Å². The molecule has 0 atom stereocenters. The molecule has 2 N–H and O–H groups in total. The van der Waals surface area contributed by atoms with E-state index in [1.165, 1.54) is 0 Å². The smallest absolute Gasteiger partial charge is 0.303 e. The summed E-state index contributed by atoms with van der Waals surface area (Å²) in [4.78, 5) is 10.4. The Bertz CT molecular complexity index is 550. The first kappa shape index (κ1) is 13.0. The van der Waals surface area contributed by atoms with Crippen LogP contribution in [0.1, 0.15) is 18.4 Å². The van der Waals surface area contributed by atoms with Gasteiger partial charge in [0.1, 0.15) is 0 Å².